The SMILES string of the molecule is CCOCC[n+]1ccccc1.[Cl-]. The maximum absolute atomic E-state index is 5.22. The van der Waals surface area contributed by atoms with E-state index in [0.29, 0.717) is 0 Å². The van der Waals surface area contributed by atoms with Gasteiger partial charge < -0.3 is 17.1 Å². The zero-order valence-electron chi connectivity index (χ0n) is 7.24. The quantitative estimate of drug-likeness (QED) is 0.393. The maximum Gasteiger partial charge on any atom is 0.171 e. The van der Waals surface area contributed by atoms with E-state index in [4.69, 9.17) is 4.74 Å². The zero-order chi connectivity index (χ0) is 7.94. The van der Waals surface area contributed by atoms with Crippen molar-refractivity contribution in [2.75, 3.05) is 13.2 Å². The first-order valence-corrected chi connectivity index (χ1v) is 3.95. The summed E-state index contributed by atoms with van der Waals surface area (Å²) in [7, 11) is 0. The summed E-state index contributed by atoms with van der Waals surface area (Å²) in [4.78, 5) is 0. The first-order valence-electron chi connectivity index (χ1n) is 3.95. The summed E-state index contributed by atoms with van der Waals surface area (Å²) in [6, 6.07) is 6.05. The van der Waals surface area contributed by atoms with Crippen LogP contribution in [0.25, 0.3) is 0 Å². The Morgan fingerprint density at radius 2 is 1.83 bits per heavy atom. The molecular formula is C9H14ClNO. The van der Waals surface area contributed by atoms with E-state index in [2.05, 4.69) is 4.57 Å². The predicted octanol–water partition coefficient (Wildman–Crippen LogP) is -1.99. The Kier molecular flexibility index (Phi) is 6.72. The highest BCUT2D eigenvalue weighted by Gasteiger charge is 1.94. The van der Waals surface area contributed by atoms with Gasteiger partial charge in [-0.25, -0.2) is 4.57 Å². The molecule has 0 aromatic carbocycles. The van der Waals surface area contributed by atoms with Gasteiger partial charge >= 0.3 is 0 Å². The summed E-state index contributed by atoms with van der Waals surface area (Å²) >= 11 is 0. The summed E-state index contributed by atoms with van der Waals surface area (Å²) in [6.45, 7) is 4.54. The molecule has 1 aromatic heterocycles. The Bertz CT molecular complexity index is 191. The van der Waals surface area contributed by atoms with Crippen LogP contribution < -0.4 is 17.0 Å². The molecule has 0 aliphatic carbocycles. The monoisotopic (exact) mass is 187 g/mol. The summed E-state index contributed by atoms with van der Waals surface area (Å²) < 4.78 is 7.32. The van der Waals surface area contributed by atoms with E-state index >= 15 is 0 Å². The second kappa shape index (κ2) is 7.07. The van der Waals surface area contributed by atoms with E-state index in [-0.39, 0.29) is 12.4 Å². The van der Waals surface area contributed by atoms with Gasteiger partial charge in [0.15, 0.2) is 18.9 Å². The normalized spacial score (nSPS) is 9.08. The number of pyridine rings is 1. The van der Waals surface area contributed by atoms with Crippen LogP contribution in [0.4, 0.5) is 0 Å². The number of nitrogens with zero attached hydrogens (tertiary/aromatic N) is 1. The van der Waals surface area contributed by atoms with Crippen LogP contribution in [0, 0.1) is 0 Å². The topological polar surface area (TPSA) is 13.1 Å². The first kappa shape index (κ1) is 11.4. The average molecular weight is 188 g/mol. The highest BCUT2D eigenvalue weighted by Crippen LogP contribution is 1.78. The second-order valence-corrected chi connectivity index (χ2v) is 2.31. The van der Waals surface area contributed by atoms with E-state index in [1.807, 2.05) is 37.5 Å². The predicted molar refractivity (Wildman–Crippen MR) is 43.1 cm³/mol. The van der Waals surface area contributed by atoms with Crippen molar-refractivity contribution < 1.29 is 21.7 Å². The Labute approximate surface area is 79.6 Å². The molecule has 3 heteroatoms. The molecule has 1 rings (SSSR count). The van der Waals surface area contributed by atoms with E-state index in [1.165, 1.54) is 0 Å². The van der Waals surface area contributed by atoms with Gasteiger partial charge in [0, 0.05) is 18.7 Å². The summed E-state index contributed by atoms with van der Waals surface area (Å²) in [5, 5.41) is 0. The lowest BCUT2D eigenvalue weighted by Gasteiger charge is -1.96. The largest absolute Gasteiger partial charge is 1.00 e. The molecule has 12 heavy (non-hydrogen) atoms. The molecule has 68 valence electrons. The van der Waals surface area contributed by atoms with Gasteiger partial charge in [-0.2, -0.15) is 0 Å². The van der Waals surface area contributed by atoms with Crippen LogP contribution in [0.2, 0.25) is 0 Å². The Hall–Kier alpha value is -0.600. The van der Waals surface area contributed by atoms with Crippen molar-refractivity contribution in [3.63, 3.8) is 0 Å². The minimum Gasteiger partial charge on any atom is -1.00 e. The van der Waals surface area contributed by atoms with Crippen molar-refractivity contribution in [3.05, 3.63) is 30.6 Å². The van der Waals surface area contributed by atoms with Crippen LogP contribution in [0.5, 0.6) is 0 Å². The van der Waals surface area contributed by atoms with Crippen molar-refractivity contribution in [1.29, 1.82) is 0 Å². The van der Waals surface area contributed by atoms with Gasteiger partial charge in [-0.3, -0.25) is 0 Å². The van der Waals surface area contributed by atoms with Crippen molar-refractivity contribution in [1.82, 2.24) is 0 Å². The first-order chi connectivity index (χ1) is 5.43. The highest BCUT2D eigenvalue weighted by atomic mass is 35.5. The highest BCUT2D eigenvalue weighted by molar-refractivity contribution is 4.83. The average Bonchev–Trinajstić information content (AvgIpc) is 2.07. The number of rotatable bonds is 4. The van der Waals surface area contributed by atoms with Gasteiger partial charge in [0.1, 0.15) is 6.61 Å². The minimum absolute atomic E-state index is 0. The number of hydrogen-bond acceptors (Lipinski definition) is 1. The van der Waals surface area contributed by atoms with Crippen molar-refractivity contribution in [2.45, 2.75) is 13.5 Å². The van der Waals surface area contributed by atoms with Crippen molar-refractivity contribution in [3.8, 4) is 0 Å². The lowest BCUT2D eigenvalue weighted by molar-refractivity contribution is -0.698. The third-order valence-corrected chi connectivity index (χ3v) is 1.48. The Morgan fingerprint density at radius 3 is 2.42 bits per heavy atom. The molecule has 0 saturated heterocycles. The molecule has 0 aliphatic rings. The molecule has 0 radical (unpaired) electrons. The van der Waals surface area contributed by atoms with Gasteiger partial charge in [0.2, 0.25) is 0 Å². The Morgan fingerprint density at radius 1 is 1.17 bits per heavy atom. The molecule has 0 atom stereocenters. The fourth-order valence-corrected chi connectivity index (χ4v) is 0.898. The lowest BCUT2D eigenvalue weighted by Crippen LogP contribution is -3.00. The van der Waals surface area contributed by atoms with Crippen LogP contribution in [0.3, 0.4) is 0 Å². The molecule has 1 heterocycles. The molecule has 0 aliphatic heterocycles. The fourth-order valence-electron chi connectivity index (χ4n) is 0.898. The molecule has 0 N–H and O–H groups in total. The number of ether oxygens (including phenoxy) is 1. The van der Waals surface area contributed by atoms with Crippen LogP contribution in [0.1, 0.15) is 6.92 Å². The smallest absolute Gasteiger partial charge is 0.171 e. The standard InChI is InChI=1S/C9H14NO.ClH/c1-2-11-9-8-10-6-4-3-5-7-10;/h3-7H,2,8-9H2,1H3;1H/q+1;/p-1. The van der Waals surface area contributed by atoms with Crippen LogP contribution >= 0.6 is 0 Å². The van der Waals surface area contributed by atoms with E-state index in [9.17, 15) is 0 Å². The summed E-state index contributed by atoms with van der Waals surface area (Å²) in [5.74, 6) is 0. The second-order valence-electron chi connectivity index (χ2n) is 2.31. The molecular weight excluding hydrogens is 174 g/mol. The fraction of sp³-hybridized carbons (Fsp3) is 0.444. The third-order valence-electron chi connectivity index (χ3n) is 1.48. The van der Waals surface area contributed by atoms with Gasteiger partial charge in [-0.05, 0) is 6.92 Å². The summed E-state index contributed by atoms with van der Waals surface area (Å²) in [5.41, 5.74) is 0. The molecule has 0 amide bonds. The van der Waals surface area contributed by atoms with E-state index in [0.717, 1.165) is 19.8 Å². The van der Waals surface area contributed by atoms with E-state index < -0.39 is 0 Å². The number of aromatic nitrogens is 1. The molecule has 0 fully saturated rings. The van der Waals surface area contributed by atoms with Gasteiger partial charge in [-0.1, -0.05) is 6.07 Å². The molecule has 0 bridgehead atoms. The van der Waals surface area contributed by atoms with Crippen LogP contribution in [-0.4, -0.2) is 13.2 Å². The molecule has 0 spiro atoms. The molecule has 0 saturated carbocycles. The molecule has 2 nitrogen and oxygen atoms in total. The minimum atomic E-state index is 0. The number of halogens is 1. The zero-order valence-corrected chi connectivity index (χ0v) is 8.00. The molecule has 1 aromatic rings. The van der Waals surface area contributed by atoms with E-state index in [1.54, 1.807) is 0 Å². The lowest BCUT2D eigenvalue weighted by atomic mass is 10.5. The van der Waals surface area contributed by atoms with Crippen LogP contribution in [-0.2, 0) is 11.3 Å². The number of hydrogen-bond donors (Lipinski definition) is 0. The Balaban J connectivity index is 0.00000121. The van der Waals surface area contributed by atoms with Gasteiger partial charge in [0.05, 0.1) is 0 Å². The van der Waals surface area contributed by atoms with Crippen molar-refractivity contribution in [2.24, 2.45) is 0 Å². The third kappa shape index (κ3) is 4.31. The maximum atomic E-state index is 5.22. The van der Waals surface area contributed by atoms with Gasteiger partial charge in [0.25, 0.3) is 0 Å². The summed E-state index contributed by atoms with van der Waals surface area (Å²) in [6.07, 6.45) is 4.08. The molecule has 0 unspecified atom stereocenters. The van der Waals surface area contributed by atoms with Crippen molar-refractivity contribution >= 4 is 0 Å². The van der Waals surface area contributed by atoms with Gasteiger partial charge in [-0.15, -0.1) is 0 Å². The van der Waals surface area contributed by atoms with Crippen LogP contribution in [0.15, 0.2) is 30.6 Å².